The van der Waals surface area contributed by atoms with Gasteiger partial charge in [-0.1, -0.05) is 18.1 Å². The van der Waals surface area contributed by atoms with Crippen molar-refractivity contribution < 1.29 is 9.32 Å². The zero-order valence-electron chi connectivity index (χ0n) is 18.3. The largest absolute Gasteiger partial charge is 0.378 e. The van der Waals surface area contributed by atoms with Gasteiger partial charge >= 0.3 is 0 Å². The van der Waals surface area contributed by atoms with E-state index in [1.807, 2.05) is 67.2 Å². The molecule has 162 valence electrons. The van der Waals surface area contributed by atoms with E-state index < -0.39 is 0 Å². The minimum absolute atomic E-state index is 0.0660. The van der Waals surface area contributed by atoms with Gasteiger partial charge in [-0.15, -0.1) is 0 Å². The average Bonchev–Trinajstić information content (AvgIpc) is 3.15. The third-order valence-corrected chi connectivity index (χ3v) is 5.49. The molecule has 1 aliphatic heterocycles. The standard InChI is InChI=1S/C23H28N6O2/c1-4-20-25-22(31-26-20)19-10-6-11-24-21(19)28-12-7-13-29(15-14-28)23(30)17-8-5-9-18(16-17)27(2)3/h5-6,8-11,16H,4,7,12-15H2,1-3H3. The molecule has 1 aromatic carbocycles. The molecule has 1 saturated heterocycles. The first kappa shape index (κ1) is 20.8. The van der Waals surface area contributed by atoms with Crippen LogP contribution in [0.25, 0.3) is 11.5 Å². The Hall–Kier alpha value is -3.42. The van der Waals surface area contributed by atoms with Crippen molar-refractivity contribution in [2.75, 3.05) is 50.1 Å². The zero-order valence-corrected chi connectivity index (χ0v) is 18.3. The van der Waals surface area contributed by atoms with Crippen molar-refractivity contribution in [1.82, 2.24) is 20.0 Å². The van der Waals surface area contributed by atoms with Crippen molar-refractivity contribution in [3.8, 4) is 11.5 Å². The summed E-state index contributed by atoms with van der Waals surface area (Å²) in [4.78, 5) is 28.3. The van der Waals surface area contributed by atoms with Crippen LogP contribution in [0.1, 0.15) is 29.5 Å². The summed E-state index contributed by atoms with van der Waals surface area (Å²) in [7, 11) is 3.95. The van der Waals surface area contributed by atoms with Crippen molar-refractivity contribution in [2.24, 2.45) is 0 Å². The third-order valence-electron chi connectivity index (χ3n) is 5.49. The molecule has 8 heteroatoms. The van der Waals surface area contributed by atoms with E-state index in [1.54, 1.807) is 6.20 Å². The molecule has 0 unspecified atom stereocenters. The molecule has 0 radical (unpaired) electrons. The van der Waals surface area contributed by atoms with Gasteiger partial charge in [-0.2, -0.15) is 4.98 Å². The second-order valence-electron chi connectivity index (χ2n) is 7.82. The van der Waals surface area contributed by atoms with Gasteiger partial charge in [-0.3, -0.25) is 4.79 Å². The van der Waals surface area contributed by atoms with Crippen LogP contribution in [0.5, 0.6) is 0 Å². The number of nitrogens with zero attached hydrogens (tertiary/aromatic N) is 6. The lowest BCUT2D eigenvalue weighted by molar-refractivity contribution is 0.0767. The van der Waals surface area contributed by atoms with Gasteiger partial charge < -0.3 is 19.2 Å². The highest BCUT2D eigenvalue weighted by Gasteiger charge is 2.24. The van der Waals surface area contributed by atoms with Gasteiger partial charge in [-0.25, -0.2) is 4.98 Å². The zero-order chi connectivity index (χ0) is 21.8. The van der Waals surface area contributed by atoms with Crippen LogP contribution in [-0.4, -0.2) is 66.2 Å². The highest BCUT2D eigenvalue weighted by molar-refractivity contribution is 5.95. The van der Waals surface area contributed by atoms with Crippen LogP contribution in [-0.2, 0) is 6.42 Å². The highest BCUT2D eigenvalue weighted by Crippen LogP contribution is 2.28. The second kappa shape index (κ2) is 9.16. The summed E-state index contributed by atoms with van der Waals surface area (Å²) in [6.45, 7) is 4.83. The molecule has 8 nitrogen and oxygen atoms in total. The van der Waals surface area contributed by atoms with Crippen LogP contribution in [0, 0.1) is 0 Å². The molecule has 1 amide bonds. The fourth-order valence-corrected chi connectivity index (χ4v) is 3.75. The Bertz CT molecular complexity index is 1050. The van der Waals surface area contributed by atoms with Crippen LogP contribution < -0.4 is 9.80 Å². The van der Waals surface area contributed by atoms with E-state index >= 15 is 0 Å². The van der Waals surface area contributed by atoms with Crippen LogP contribution in [0.4, 0.5) is 11.5 Å². The Morgan fingerprint density at radius 3 is 2.77 bits per heavy atom. The van der Waals surface area contributed by atoms with Gasteiger partial charge in [0.1, 0.15) is 5.82 Å². The van der Waals surface area contributed by atoms with Crippen molar-refractivity contribution in [3.63, 3.8) is 0 Å². The molecule has 0 saturated carbocycles. The highest BCUT2D eigenvalue weighted by atomic mass is 16.5. The van der Waals surface area contributed by atoms with E-state index in [-0.39, 0.29) is 5.91 Å². The van der Waals surface area contributed by atoms with E-state index in [1.165, 1.54) is 0 Å². The summed E-state index contributed by atoms with van der Waals surface area (Å²) in [6.07, 6.45) is 3.35. The van der Waals surface area contributed by atoms with Gasteiger partial charge in [0.2, 0.25) is 0 Å². The second-order valence-corrected chi connectivity index (χ2v) is 7.82. The van der Waals surface area contributed by atoms with Crippen LogP contribution in [0.3, 0.4) is 0 Å². The van der Waals surface area contributed by atoms with Crippen molar-refractivity contribution in [1.29, 1.82) is 0 Å². The first-order valence-corrected chi connectivity index (χ1v) is 10.7. The Morgan fingerprint density at radius 2 is 2.00 bits per heavy atom. The van der Waals surface area contributed by atoms with Gasteiger partial charge in [0.05, 0.1) is 5.56 Å². The van der Waals surface area contributed by atoms with Crippen molar-refractivity contribution >= 4 is 17.4 Å². The van der Waals surface area contributed by atoms with Gasteiger partial charge in [0.15, 0.2) is 5.82 Å². The number of rotatable bonds is 5. The van der Waals surface area contributed by atoms with E-state index in [0.717, 1.165) is 42.0 Å². The van der Waals surface area contributed by atoms with Crippen LogP contribution in [0.15, 0.2) is 47.1 Å². The summed E-state index contributed by atoms with van der Waals surface area (Å²) >= 11 is 0. The summed E-state index contributed by atoms with van der Waals surface area (Å²) in [5, 5.41) is 4.02. The van der Waals surface area contributed by atoms with E-state index in [2.05, 4.69) is 20.0 Å². The smallest absolute Gasteiger partial charge is 0.261 e. The van der Waals surface area contributed by atoms with E-state index in [4.69, 9.17) is 4.52 Å². The first-order valence-electron chi connectivity index (χ1n) is 10.7. The molecule has 1 aliphatic rings. The first-order chi connectivity index (χ1) is 15.1. The Labute approximate surface area is 182 Å². The lowest BCUT2D eigenvalue weighted by Gasteiger charge is -2.24. The Morgan fingerprint density at radius 1 is 1.13 bits per heavy atom. The molecule has 0 atom stereocenters. The van der Waals surface area contributed by atoms with Crippen LogP contribution in [0.2, 0.25) is 0 Å². The number of amides is 1. The fraction of sp³-hybridized carbons (Fsp3) is 0.391. The monoisotopic (exact) mass is 420 g/mol. The third kappa shape index (κ3) is 4.52. The minimum Gasteiger partial charge on any atom is -0.378 e. The lowest BCUT2D eigenvalue weighted by atomic mass is 10.1. The molecule has 0 spiro atoms. The topological polar surface area (TPSA) is 78.6 Å². The summed E-state index contributed by atoms with van der Waals surface area (Å²) in [5.74, 6) is 2.05. The molecule has 1 fully saturated rings. The quantitative estimate of drug-likeness (QED) is 0.627. The SMILES string of the molecule is CCc1noc(-c2cccnc2N2CCCN(C(=O)c3cccc(N(C)C)c3)CC2)n1. The summed E-state index contributed by atoms with van der Waals surface area (Å²) < 4.78 is 5.46. The van der Waals surface area contributed by atoms with E-state index in [0.29, 0.717) is 31.3 Å². The van der Waals surface area contributed by atoms with Crippen molar-refractivity contribution in [2.45, 2.75) is 19.8 Å². The van der Waals surface area contributed by atoms with Gasteiger partial charge in [0, 0.05) is 64.1 Å². The number of benzene rings is 1. The number of anilines is 2. The predicted octanol–water partition coefficient (Wildman–Crippen LogP) is 3.11. The van der Waals surface area contributed by atoms with E-state index in [9.17, 15) is 4.79 Å². The number of aryl methyl sites for hydroxylation is 1. The minimum atomic E-state index is 0.0660. The molecule has 0 bridgehead atoms. The summed E-state index contributed by atoms with van der Waals surface area (Å²) in [5.41, 5.74) is 2.57. The number of aromatic nitrogens is 3. The van der Waals surface area contributed by atoms with Gasteiger partial charge in [0.25, 0.3) is 11.8 Å². The van der Waals surface area contributed by atoms with Crippen LogP contribution >= 0.6 is 0 Å². The molecule has 0 aliphatic carbocycles. The maximum absolute atomic E-state index is 13.1. The Balaban J connectivity index is 1.51. The Kier molecular flexibility index (Phi) is 6.16. The number of carbonyl (C=O) groups excluding carboxylic acids is 1. The number of carbonyl (C=O) groups is 1. The summed E-state index contributed by atoms with van der Waals surface area (Å²) in [6, 6.07) is 11.6. The number of hydrogen-bond acceptors (Lipinski definition) is 7. The molecule has 0 N–H and O–H groups in total. The molecule has 3 aromatic rings. The normalized spacial score (nSPS) is 14.4. The molecule has 31 heavy (non-hydrogen) atoms. The molecule has 4 rings (SSSR count). The molecule has 2 aromatic heterocycles. The maximum atomic E-state index is 13.1. The maximum Gasteiger partial charge on any atom is 0.261 e. The average molecular weight is 421 g/mol. The molecule has 3 heterocycles. The molecular weight excluding hydrogens is 392 g/mol. The lowest BCUT2D eigenvalue weighted by Crippen LogP contribution is -2.35. The van der Waals surface area contributed by atoms with Gasteiger partial charge in [-0.05, 0) is 36.8 Å². The fourth-order valence-electron chi connectivity index (χ4n) is 3.75. The number of hydrogen-bond donors (Lipinski definition) is 0. The predicted molar refractivity (Wildman–Crippen MR) is 120 cm³/mol. The van der Waals surface area contributed by atoms with Crippen molar-refractivity contribution in [3.05, 3.63) is 54.0 Å². The number of pyridine rings is 1. The molecular formula is C23H28N6O2.